The molecule has 1 atom stereocenters. The molecular weight excluding hydrogens is 244 g/mol. The quantitative estimate of drug-likeness (QED) is 0.912. The molecule has 0 bridgehead atoms. The number of rotatable bonds is 4. The first kappa shape index (κ1) is 14.0. The summed E-state index contributed by atoms with van der Waals surface area (Å²) in [6.07, 6.45) is 4.15. The van der Waals surface area contributed by atoms with Gasteiger partial charge >= 0.3 is 0 Å². The summed E-state index contributed by atoms with van der Waals surface area (Å²) in [5.74, 6) is 0. The van der Waals surface area contributed by atoms with E-state index < -0.39 is 0 Å². The van der Waals surface area contributed by atoms with Gasteiger partial charge in [0.2, 0.25) is 0 Å². The molecule has 1 N–H and O–H groups in total. The number of aryl methyl sites for hydroxylation is 1. The van der Waals surface area contributed by atoms with Gasteiger partial charge in [-0.2, -0.15) is 0 Å². The summed E-state index contributed by atoms with van der Waals surface area (Å²) in [4.78, 5) is 6.88. The van der Waals surface area contributed by atoms with Gasteiger partial charge in [-0.25, -0.2) is 4.98 Å². The fourth-order valence-corrected chi connectivity index (χ4v) is 3.26. The molecule has 0 aliphatic carbocycles. The minimum Gasteiger partial charge on any atom is -0.391 e. The summed E-state index contributed by atoms with van der Waals surface area (Å²) in [5, 5.41) is 13.7. The Bertz CT molecular complexity index is 383. The van der Waals surface area contributed by atoms with Gasteiger partial charge in [0.15, 0.2) is 0 Å². The zero-order valence-corrected chi connectivity index (χ0v) is 12.5. The number of nitrogens with zero attached hydrogens (tertiary/aromatic N) is 2. The summed E-state index contributed by atoms with van der Waals surface area (Å²) in [6.45, 7) is 8.54. The van der Waals surface area contributed by atoms with Crippen LogP contribution in [0.1, 0.15) is 43.8 Å². The molecule has 102 valence electrons. The molecule has 1 aliphatic heterocycles. The van der Waals surface area contributed by atoms with Crippen molar-refractivity contribution in [3.63, 3.8) is 0 Å². The van der Waals surface area contributed by atoms with Crippen LogP contribution in [0.15, 0.2) is 5.38 Å². The Labute approximate surface area is 114 Å². The number of piperidine rings is 1. The SMILES string of the molecule is Cc1nc(CC(O)C(C)(C)N2CCCCC2)cs1. The molecule has 1 aromatic rings. The Balaban J connectivity index is 1.99. The van der Waals surface area contributed by atoms with Crippen molar-refractivity contribution >= 4 is 11.3 Å². The van der Waals surface area contributed by atoms with Crippen molar-refractivity contribution in [3.05, 3.63) is 16.1 Å². The molecule has 0 saturated carbocycles. The fourth-order valence-electron chi connectivity index (χ4n) is 2.63. The van der Waals surface area contributed by atoms with Crippen LogP contribution in [0.25, 0.3) is 0 Å². The Morgan fingerprint density at radius 3 is 2.61 bits per heavy atom. The van der Waals surface area contributed by atoms with Crippen LogP contribution in [-0.2, 0) is 6.42 Å². The highest BCUT2D eigenvalue weighted by molar-refractivity contribution is 7.09. The van der Waals surface area contributed by atoms with E-state index in [1.165, 1.54) is 19.3 Å². The van der Waals surface area contributed by atoms with Gasteiger partial charge in [0, 0.05) is 17.3 Å². The van der Waals surface area contributed by atoms with Crippen LogP contribution in [0.3, 0.4) is 0 Å². The van der Waals surface area contributed by atoms with Crippen LogP contribution in [0.5, 0.6) is 0 Å². The molecular formula is C14H24N2OS. The van der Waals surface area contributed by atoms with Crippen molar-refractivity contribution in [2.24, 2.45) is 0 Å². The first-order valence-electron chi connectivity index (χ1n) is 6.84. The molecule has 1 aromatic heterocycles. The third-order valence-electron chi connectivity index (χ3n) is 4.06. The van der Waals surface area contributed by atoms with Crippen LogP contribution < -0.4 is 0 Å². The van der Waals surface area contributed by atoms with E-state index in [9.17, 15) is 5.11 Å². The smallest absolute Gasteiger partial charge is 0.0897 e. The van der Waals surface area contributed by atoms with Crippen molar-refractivity contribution in [2.75, 3.05) is 13.1 Å². The van der Waals surface area contributed by atoms with Crippen molar-refractivity contribution in [1.82, 2.24) is 9.88 Å². The van der Waals surface area contributed by atoms with Gasteiger partial charge in [-0.05, 0) is 46.7 Å². The Kier molecular flexibility index (Phi) is 4.41. The molecule has 0 radical (unpaired) electrons. The number of aromatic nitrogens is 1. The second-order valence-corrected chi connectivity index (χ2v) is 6.84. The predicted molar refractivity (Wildman–Crippen MR) is 76.1 cm³/mol. The van der Waals surface area contributed by atoms with E-state index in [0.29, 0.717) is 6.42 Å². The van der Waals surface area contributed by atoms with Crippen LogP contribution in [0.2, 0.25) is 0 Å². The highest BCUT2D eigenvalue weighted by Gasteiger charge is 2.35. The topological polar surface area (TPSA) is 36.4 Å². The number of hydrogen-bond donors (Lipinski definition) is 1. The van der Waals surface area contributed by atoms with Gasteiger partial charge in [0.05, 0.1) is 16.8 Å². The van der Waals surface area contributed by atoms with E-state index in [1.54, 1.807) is 11.3 Å². The first-order valence-corrected chi connectivity index (χ1v) is 7.72. The van der Waals surface area contributed by atoms with Crippen LogP contribution in [0, 0.1) is 6.92 Å². The molecule has 2 rings (SSSR count). The van der Waals surface area contributed by atoms with Gasteiger partial charge in [-0.15, -0.1) is 11.3 Å². The van der Waals surface area contributed by atoms with Crippen molar-refractivity contribution < 1.29 is 5.11 Å². The van der Waals surface area contributed by atoms with E-state index in [4.69, 9.17) is 0 Å². The van der Waals surface area contributed by atoms with Crippen molar-refractivity contribution in [3.8, 4) is 0 Å². The summed E-state index contributed by atoms with van der Waals surface area (Å²) < 4.78 is 0. The van der Waals surface area contributed by atoms with Crippen LogP contribution in [0.4, 0.5) is 0 Å². The third kappa shape index (κ3) is 3.11. The number of thiazole rings is 1. The largest absolute Gasteiger partial charge is 0.391 e. The van der Waals surface area contributed by atoms with E-state index >= 15 is 0 Å². The average Bonchev–Trinajstić information content (AvgIpc) is 2.76. The maximum Gasteiger partial charge on any atom is 0.0897 e. The normalized spacial score (nSPS) is 20.0. The van der Waals surface area contributed by atoms with Crippen molar-refractivity contribution in [2.45, 2.75) is 58.1 Å². The molecule has 3 nitrogen and oxygen atoms in total. The number of likely N-dealkylation sites (tertiary alicyclic amines) is 1. The van der Waals surface area contributed by atoms with Gasteiger partial charge in [-0.1, -0.05) is 6.42 Å². The molecule has 0 spiro atoms. The lowest BCUT2D eigenvalue weighted by Gasteiger charge is -2.43. The summed E-state index contributed by atoms with van der Waals surface area (Å²) in [7, 11) is 0. The van der Waals surface area contributed by atoms with Crippen molar-refractivity contribution in [1.29, 1.82) is 0 Å². The second kappa shape index (κ2) is 5.68. The molecule has 4 heteroatoms. The van der Waals surface area contributed by atoms with Gasteiger partial charge in [0.1, 0.15) is 0 Å². The van der Waals surface area contributed by atoms with Gasteiger partial charge in [0.25, 0.3) is 0 Å². The highest BCUT2D eigenvalue weighted by Crippen LogP contribution is 2.26. The number of aliphatic hydroxyl groups excluding tert-OH is 1. The molecule has 0 amide bonds. The van der Waals surface area contributed by atoms with E-state index in [0.717, 1.165) is 23.8 Å². The first-order chi connectivity index (χ1) is 8.50. The predicted octanol–water partition coefficient (Wildman–Crippen LogP) is 2.62. The maximum atomic E-state index is 10.5. The molecule has 2 heterocycles. The Hall–Kier alpha value is -0.450. The standard InChI is InChI=1S/C14H24N2OS/c1-11-15-12(10-18-11)9-13(17)14(2,3)16-7-5-4-6-8-16/h10,13,17H,4-9H2,1-3H3. The van der Waals surface area contributed by atoms with Crippen LogP contribution in [-0.4, -0.2) is 39.7 Å². The lowest BCUT2D eigenvalue weighted by Crippen LogP contribution is -2.54. The number of hydrogen-bond acceptors (Lipinski definition) is 4. The molecule has 0 aromatic carbocycles. The van der Waals surface area contributed by atoms with Crippen LogP contribution >= 0.6 is 11.3 Å². The van der Waals surface area contributed by atoms with E-state index in [-0.39, 0.29) is 11.6 Å². The Morgan fingerprint density at radius 1 is 1.39 bits per heavy atom. The monoisotopic (exact) mass is 268 g/mol. The fraction of sp³-hybridized carbons (Fsp3) is 0.786. The third-order valence-corrected chi connectivity index (χ3v) is 4.88. The number of aliphatic hydroxyl groups is 1. The Morgan fingerprint density at radius 2 is 2.06 bits per heavy atom. The lowest BCUT2D eigenvalue weighted by atomic mass is 9.90. The molecule has 1 fully saturated rings. The lowest BCUT2D eigenvalue weighted by molar-refractivity contribution is -0.0190. The van der Waals surface area contributed by atoms with E-state index in [2.05, 4.69) is 29.1 Å². The molecule has 1 unspecified atom stereocenters. The van der Waals surface area contributed by atoms with Gasteiger partial charge < -0.3 is 5.11 Å². The second-order valence-electron chi connectivity index (χ2n) is 5.78. The molecule has 18 heavy (non-hydrogen) atoms. The molecule has 1 aliphatic rings. The average molecular weight is 268 g/mol. The zero-order valence-electron chi connectivity index (χ0n) is 11.6. The molecule has 1 saturated heterocycles. The highest BCUT2D eigenvalue weighted by atomic mass is 32.1. The summed E-state index contributed by atoms with van der Waals surface area (Å²) >= 11 is 1.66. The van der Waals surface area contributed by atoms with Gasteiger partial charge in [-0.3, -0.25) is 4.90 Å². The minimum absolute atomic E-state index is 0.155. The van der Waals surface area contributed by atoms with E-state index in [1.807, 2.05) is 6.92 Å². The summed E-state index contributed by atoms with van der Waals surface area (Å²) in [5.41, 5.74) is 0.868. The minimum atomic E-state index is -0.350. The summed E-state index contributed by atoms with van der Waals surface area (Å²) in [6, 6.07) is 0. The zero-order chi connectivity index (χ0) is 13.2. The maximum absolute atomic E-state index is 10.5.